The van der Waals surface area contributed by atoms with E-state index < -0.39 is 4.92 Å². The van der Waals surface area contributed by atoms with Crippen LogP contribution in [0.25, 0.3) is 10.9 Å². The van der Waals surface area contributed by atoms with Gasteiger partial charge in [-0.05, 0) is 30.2 Å². The molecule has 0 saturated carbocycles. The van der Waals surface area contributed by atoms with E-state index >= 15 is 0 Å². The number of morpholine rings is 1. The second kappa shape index (κ2) is 10.1. The lowest BCUT2D eigenvalue weighted by molar-refractivity contribution is -0.384. The first-order chi connectivity index (χ1) is 15.6. The second-order valence-corrected chi connectivity index (χ2v) is 8.66. The molecule has 1 aliphatic rings. The molecule has 0 radical (unpaired) electrons. The average molecular weight is 455 g/mol. The highest BCUT2D eigenvalue weighted by Gasteiger charge is 2.16. The van der Waals surface area contributed by atoms with Crippen molar-refractivity contribution in [3.8, 4) is 0 Å². The van der Waals surface area contributed by atoms with Crippen molar-refractivity contribution in [1.82, 2.24) is 9.55 Å². The minimum Gasteiger partial charge on any atom is -0.378 e. The van der Waals surface area contributed by atoms with E-state index in [2.05, 4.69) is 11.8 Å². The summed E-state index contributed by atoms with van der Waals surface area (Å²) in [7, 11) is 0. The minimum atomic E-state index is -0.397. The van der Waals surface area contributed by atoms with Crippen LogP contribution in [0.15, 0.2) is 52.4 Å². The van der Waals surface area contributed by atoms with Gasteiger partial charge in [0.25, 0.3) is 11.2 Å². The topological polar surface area (TPSA) is 90.5 Å². The standard InChI is InChI=1S/C23H26N4O4S/c1-2-3-9-26-22(28)20-15-18(25-10-12-31-13-11-25)7-8-21(20)24-23(26)32-16-17-5-4-6-19(14-17)27(29)30/h4-8,14-15H,2-3,9-13,16H2,1H3. The number of hydrogen-bond donors (Lipinski definition) is 0. The first-order valence-corrected chi connectivity index (χ1v) is 11.8. The summed E-state index contributed by atoms with van der Waals surface area (Å²) in [4.78, 5) is 31.1. The number of non-ortho nitro benzene ring substituents is 1. The molecule has 3 aromatic rings. The molecule has 2 heterocycles. The summed E-state index contributed by atoms with van der Waals surface area (Å²) in [6.45, 7) is 5.66. The monoisotopic (exact) mass is 454 g/mol. The Labute approximate surface area is 190 Å². The van der Waals surface area contributed by atoms with Crippen LogP contribution in [0.5, 0.6) is 0 Å². The van der Waals surface area contributed by atoms with E-state index in [1.54, 1.807) is 16.7 Å². The molecule has 4 rings (SSSR count). The summed E-state index contributed by atoms with van der Waals surface area (Å²) in [6, 6.07) is 12.4. The highest BCUT2D eigenvalue weighted by atomic mass is 32.2. The maximum Gasteiger partial charge on any atom is 0.269 e. The van der Waals surface area contributed by atoms with Crippen LogP contribution in [-0.2, 0) is 17.0 Å². The van der Waals surface area contributed by atoms with Crippen LogP contribution in [0.2, 0.25) is 0 Å². The van der Waals surface area contributed by atoms with Crippen molar-refractivity contribution in [2.24, 2.45) is 0 Å². The molecular weight excluding hydrogens is 428 g/mol. The molecule has 0 bridgehead atoms. The van der Waals surface area contributed by atoms with Gasteiger partial charge in [-0.3, -0.25) is 19.5 Å². The number of unbranched alkanes of at least 4 members (excludes halogenated alkanes) is 1. The number of nitro groups is 1. The van der Waals surface area contributed by atoms with Gasteiger partial charge in [0.1, 0.15) is 0 Å². The molecule has 0 unspecified atom stereocenters. The maximum atomic E-state index is 13.4. The maximum absolute atomic E-state index is 13.4. The lowest BCUT2D eigenvalue weighted by Crippen LogP contribution is -2.36. The summed E-state index contributed by atoms with van der Waals surface area (Å²) in [5, 5.41) is 12.3. The molecule has 1 saturated heterocycles. The summed E-state index contributed by atoms with van der Waals surface area (Å²) in [5.41, 5.74) is 2.52. The number of hydrogen-bond acceptors (Lipinski definition) is 7. The van der Waals surface area contributed by atoms with Crippen molar-refractivity contribution in [1.29, 1.82) is 0 Å². The van der Waals surface area contributed by atoms with Gasteiger partial charge in [0.2, 0.25) is 0 Å². The lowest BCUT2D eigenvalue weighted by Gasteiger charge is -2.29. The first-order valence-electron chi connectivity index (χ1n) is 10.8. The molecule has 0 N–H and O–H groups in total. The van der Waals surface area contributed by atoms with Gasteiger partial charge in [-0.1, -0.05) is 37.2 Å². The predicted octanol–water partition coefficient (Wildman–Crippen LogP) is 4.23. The van der Waals surface area contributed by atoms with Crippen LogP contribution in [0.1, 0.15) is 25.3 Å². The van der Waals surface area contributed by atoms with Crippen molar-refractivity contribution >= 4 is 34.0 Å². The predicted molar refractivity (Wildman–Crippen MR) is 127 cm³/mol. The number of anilines is 1. The highest BCUT2D eigenvalue weighted by Crippen LogP contribution is 2.26. The quantitative estimate of drug-likeness (QED) is 0.218. The van der Waals surface area contributed by atoms with Crippen molar-refractivity contribution in [3.05, 3.63) is 68.5 Å². The van der Waals surface area contributed by atoms with Crippen LogP contribution in [0.3, 0.4) is 0 Å². The second-order valence-electron chi connectivity index (χ2n) is 7.72. The number of nitro benzene ring substituents is 1. The fraction of sp³-hybridized carbons (Fsp3) is 0.391. The van der Waals surface area contributed by atoms with Crippen molar-refractivity contribution in [3.63, 3.8) is 0 Å². The van der Waals surface area contributed by atoms with Gasteiger partial charge in [-0.25, -0.2) is 4.98 Å². The smallest absolute Gasteiger partial charge is 0.269 e. The van der Waals surface area contributed by atoms with E-state index in [0.29, 0.717) is 41.6 Å². The van der Waals surface area contributed by atoms with Crippen molar-refractivity contribution < 1.29 is 9.66 Å². The Morgan fingerprint density at radius 1 is 1.19 bits per heavy atom. The van der Waals surface area contributed by atoms with E-state index in [9.17, 15) is 14.9 Å². The lowest BCUT2D eigenvalue weighted by atomic mass is 10.2. The van der Waals surface area contributed by atoms with Gasteiger partial charge < -0.3 is 9.64 Å². The molecule has 1 fully saturated rings. The average Bonchev–Trinajstić information content (AvgIpc) is 2.83. The molecule has 168 valence electrons. The summed E-state index contributed by atoms with van der Waals surface area (Å²) >= 11 is 1.43. The van der Waals surface area contributed by atoms with Gasteiger partial charge in [0.05, 0.1) is 29.0 Å². The Balaban J connectivity index is 1.67. The van der Waals surface area contributed by atoms with E-state index in [1.807, 2.05) is 24.3 Å². The number of nitrogens with zero attached hydrogens (tertiary/aromatic N) is 4. The Hall–Kier alpha value is -2.91. The van der Waals surface area contributed by atoms with Crippen LogP contribution >= 0.6 is 11.8 Å². The Bertz CT molecular complexity index is 1170. The molecule has 32 heavy (non-hydrogen) atoms. The zero-order valence-electron chi connectivity index (χ0n) is 18.0. The molecule has 8 nitrogen and oxygen atoms in total. The molecule has 0 spiro atoms. The molecule has 1 aliphatic heterocycles. The first kappa shape index (κ1) is 22.3. The van der Waals surface area contributed by atoms with Crippen LogP contribution in [-0.4, -0.2) is 40.8 Å². The third kappa shape index (κ3) is 4.94. The van der Waals surface area contributed by atoms with Gasteiger partial charge in [-0.2, -0.15) is 0 Å². The number of thioether (sulfide) groups is 1. The third-order valence-electron chi connectivity index (χ3n) is 5.50. The largest absolute Gasteiger partial charge is 0.378 e. The summed E-state index contributed by atoms with van der Waals surface area (Å²) in [6.07, 6.45) is 1.84. The third-order valence-corrected chi connectivity index (χ3v) is 6.55. The van der Waals surface area contributed by atoms with Crippen LogP contribution < -0.4 is 10.5 Å². The van der Waals surface area contributed by atoms with Gasteiger partial charge in [-0.15, -0.1) is 0 Å². The molecule has 0 aliphatic carbocycles. The van der Waals surface area contributed by atoms with Crippen LogP contribution in [0, 0.1) is 10.1 Å². The molecule has 9 heteroatoms. The Morgan fingerprint density at radius 2 is 2.00 bits per heavy atom. The van der Waals surface area contributed by atoms with Gasteiger partial charge >= 0.3 is 0 Å². The Kier molecular flexibility index (Phi) is 7.06. The number of fused-ring (bicyclic) bond motifs is 1. The number of ether oxygens (including phenoxy) is 1. The molecular formula is C23H26N4O4S. The highest BCUT2D eigenvalue weighted by molar-refractivity contribution is 7.98. The number of rotatable bonds is 8. The fourth-order valence-corrected chi connectivity index (χ4v) is 4.71. The Morgan fingerprint density at radius 3 is 2.75 bits per heavy atom. The zero-order valence-corrected chi connectivity index (χ0v) is 18.8. The summed E-state index contributed by atoms with van der Waals surface area (Å²) < 4.78 is 7.18. The number of benzene rings is 2. The van der Waals surface area contributed by atoms with E-state index in [-0.39, 0.29) is 11.2 Å². The van der Waals surface area contributed by atoms with Crippen molar-refractivity contribution in [2.75, 3.05) is 31.2 Å². The molecule has 2 aromatic carbocycles. The van der Waals surface area contributed by atoms with E-state index in [0.717, 1.165) is 37.2 Å². The normalized spacial score (nSPS) is 14.1. The molecule has 0 amide bonds. The van der Waals surface area contributed by atoms with E-state index in [4.69, 9.17) is 9.72 Å². The number of aromatic nitrogens is 2. The SMILES string of the molecule is CCCCn1c(SCc2cccc([N+](=O)[O-])c2)nc2ccc(N3CCOCC3)cc2c1=O. The summed E-state index contributed by atoms with van der Waals surface area (Å²) in [5.74, 6) is 0.498. The molecule has 0 atom stereocenters. The zero-order chi connectivity index (χ0) is 22.5. The minimum absolute atomic E-state index is 0.0416. The van der Waals surface area contributed by atoms with Crippen molar-refractivity contribution in [2.45, 2.75) is 37.2 Å². The fourth-order valence-electron chi connectivity index (χ4n) is 3.74. The van der Waals surface area contributed by atoms with E-state index in [1.165, 1.54) is 17.8 Å². The molecule has 1 aromatic heterocycles. The van der Waals surface area contributed by atoms with Gasteiger partial charge in [0, 0.05) is 43.2 Å². The van der Waals surface area contributed by atoms with Gasteiger partial charge in [0.15, 0.2) is 5.16 Å². The van der Waals surface area contributed by atoms with Crippen LogP contribution in [0.4, 0.5) is 11.4 Å².